The highest BCUT2D eigenvalue weighted by Gasteiger charge is 2.04. The molecule has 0 saturated heterocycles. The van der Waals surface area contributed by atoms with Crippen LogP contribution in [-0.2, 0) is 13.7 Å². The molecule has 0 saturated carbocycles. The molecule has 1 aromatic heterocycles. The van der Waals surface area contributed by atoms with Crippen LogP contribution in [0.2, 0.25) is 0 Å². The number of amidine groups is 1. The van der Waals surface area contributed by atoms with Gasteiger partial charge in [0.2, 0.25) is 5.82 Å². The smallest absolute Gasteiger partial charge is 0.212 e. The minimum absolute atomic E-state index is 0.0260. The van der Waals surface area contributed by atoms with Crippen molar-refractivity contribution in [2.75, 3.05) is 0 Å². The number of rotatable bonds is 4. The summed E-state index contributed by atoms with van der Waals surface area (Å²) < 4.78 is 5.47. The topological polar surface area (TPSA) is 111 Å². The van der Waals surface area contributed by atoms with Gasteiger partial charge in [-0.2, -0.15) is 4.80 Å². The molecular formula is C10H12N6O2. The van der Waals surface area contributed by atoms with E-state index in [1.54, 1.807) is 31.3 Å². The van der Waals surface area contributed by atoms with Gasteiger partial charge < -0.3 is 15.7 Å². The molecule has 0 atom stereocenters. The average molecular weight is 248 g/mol. The van der Waals surface area contributed by atoms with Crippen LogP contribution in [0.15, 0.2) is 29.4 Å². The minimum atomic E-state index is 0.0260. The lowest BCUT2D eigenvalue weighted by molar-refractivity contribution is 0.295. The van der Waals surface area contributed by atoms with Crippen LogP contribution in [0.4, 0.5) is 0 Å². The van der Waals surface area contributed by atoms with Crippen LogP contribution in [0, 0.1) is 0 Å². The summed E-state index contributed by atoms with van der Waals surface area (Å²) >= 11 is 0. The van der Waals surface area contributed by atoms with E-state index in [9.17, 15) is 0 Å². The lowest BCUT2D eigenvalue weighted by atomic mass is 10.2. The molecule has 94 valence electrons. The van der Waals surface area contributed by atoms with Gasteiger partial charge in [-0.05, 0) is 17.3 Å². The molecule has 0 spiro atoms. The molecule has 0 aliphatic heterocycles. The van der Waals surface area contributed by atoms with Crippen molar-refractivity contribution >= 4 is 5.84 Å². The summed E-state index contributed by atoms with van der Waals surface area (Å²) in [5.41, 5.74) is 6.05. The lowest BCUT2D eigenvalue weighted by Crippen LogP contribution is -2.13. The Morgan fingerprint density at radius 3 is 3.06 bits per heavy atom. The second-order valence-corrected chi connectivity index (χ2v) is 3.50. The average Bonchev–Trinajstić information content (AvgIpc) is 2.81. The van der Waals surface area contributed by atoms with Gasteiger partial charge in [0.1, 0.15) is 5.75 Å². The Labute approximate surface area is 103 Å². The SMILES string of the molecule is Cn1nnc(COc2cccc(/C(N)=N/O)c2)n1. The molecule has 0 fully saturated rings. The number of aryl methyl sites for hydroxylation is 1. The van der Waals surface area contributed by atoms with Crippen molar-refractivity contribution < 1.29 is 9.94 Å². The first-order valence-electron chi connectivity index (χ1n) is 5.12. The maximum Gasteiger partial charge on any atom is 0.212 e. The molecule has 2 aromatic rings. The van der Waals surface area contributed by atoms with Crippen molar-refractivity contribution in [2.24, 2.45) is 17.9 Å². The third kappa shape index (κ3) is 2.73. The van der Waals surface area contributed by atoms with E-state index >= 15 is 0 Å². The Kier molecular flexibility index (Phi) is 3.37. The minimum Gasteiger partial charge on any atom is -0.485 e. The molecule has 0 amide bonds. The number of aromatic nitrogens is 4. The Bertz CT molecular complexity index is 565. The highest BCUT2D eigenvalue weighted by atomic mass is 16.5. The largest absolute Gasteiger partial charge is 0.485 e. The highest BCUT2D eigenvalue weighted by molar-refractivity contribution is 5.97. The van der Waals surface area contributed by atoms with E-state index in [1.165, 1.54) is 4.80 Å². The third-order valence-corrected chi connectivity index (χ3v) is 2.16. The van der Waals surface area contributed by atoms with E-state index in [0.717, 1.165) is 0 Å². The van der Waals surface area contributed by atoms with Crippen molar-refractivity contribution in [1.29, 1.82) is 0 Å². The van der Waals surface area contributed by atoms with Gasteiger partial charge in [0.15, 0.2) is 12.4 Å². The maximum atomic E-state index is 8.58. The first kappa shape index (κ1) is 11.8. The standard InChI is InChI=1S/C10H12N6O2/c1-16-13-9(12-15-16)6-18-8-4-2-3-7(5-8)10(11)14-17/h2-5,17H,6H2,1H3,(H2,11,14). The van der Waals surface area contributed by atoms with Gasteiger partial charge in [0.25, 0.3) is 0 Å². The summed E-state index contributed by atoms with van der Waals surface area (Å²) in [6.07, 6.45) is 0. The van der Waals surface area contributed by atoms with Crippen LogP contribution < -0.4 is 10.5 Å². The molecule has 3 N–H and O–H groups in total. The van der Waals surface area contributed by atoms with Gasteiger partial charge in [0.05, 0.1) is 7.05 Å². The first-order chi connectivity index (χ1) is 8.69. The molecule has 0 radical (unpaired) electrons. The molecule has 2 rings (SSSR count). The van der Waals surface area contributed by atoms with Crippen LogP contribution in [0.3, 0.4) is 0 Å². The number of nitrogens with two attached hydrogens (primary N) is 1. The summed E-state index contributed by atoms with van der Waals surface area (Å²) in [6.45, 7) is 0.202. The van der Waals surface area contributed by atoms with Crippen LogP contribution in [0.5, 0.6) is 5.75 Å². The number of hydrogen-bond acceptors (Lipinski definition) is 6. The predicted octanol–water partition coefficient (Wildman–Crippen LogP) is -0.116. The number of hydrogen-bond donors (Lipinski definition) is 2. The summed E-state index contributed by atoms with van der Waals surface area (Å²) in [6, 6.07) is 6.87. The van der Waals surface area contributed by atoms with Gasteiger partial charge in [-0.3, -0.25) is 0 Å². The second kappa shape index (κ2) is 5.13. The molecule has 0 aliphatic rings. The Balaban J connectivity index is 2.05. The van der Waals surface area contributed by atoms with E-state index in [-0.39, 0.29) is 12.4 Å². The monoisotopic (exact) mass is 248 g/mol. The number of nitrogens with zero attached hydrogens (tertiary/aromatic N) is 5. The van der Waals surface area contributed by atoms with E-state index < -0.39 is 0 Å². The zero-order chi connectivity index (χ0) is 13.0. The molecule has 0 bridgehead atoms. The number of tetrazole rings is 1. The fourth-order valence-corrected chi connectivity index (χ4v) is 1.33. The maximum absolute atomic E-state index is 8.58. The normalized spacial score (nSPS) is 11.5. The number of ether oxygens (including phenoxy) is 1. The van der Waals surface area contributed by atoms with Gasteiger partial charge in [0, 0.05) is 5.56 Å². The number of benzene rings is 1. The van der Waals surface area contributed by atoms with Gasteiger partial charge in [-0.25, -0.2) is 0 Å². The van der Waals surface area contributed by atoms with Crippen LogP contribution >= 0.6 is 0 Å². The van der Waals surface area contributed by atoms with Crippen molar-refractivity contribution in [2.45, 2.75) is 6.61 Å². The molecule has 1 heterocycles. The molecule has 0 unspecified atom stereocenters. The van der Waals surface area contributed by atoms with Gasteiger partial charge >= 0.3 is 0 Å². The van der Waals surface area contributed by atoms with E-state index in [4.69, 9.17) is 15.7 Å². The van der Waals surface area contributed by atoms with E-state index in [2.05, 4.69) is 20.6 Å². The quantitative estimate of drug-likeness (QED) is 0.338. The molecule has 8 heteroatoms. The van der Waals surface area contributed by atoms with Crippen molar-refractivity contribution in [3.63, 3.8) is 0 Å². The second-order valence-electron chi connectivity index (χ2n) is 3.50. The fourth-order valence-electron chi connectivity index (χ4n) is 1.33. The zero-order valence-electron chi connectivity index (χ0n) is 9.69. The molecule has 18 heavy (non-hydrogen) atoms. The summed E-state index contributed by atoms with van der Waals surface area (Å²) in [5.74, 6) is 1.08. The fraction of sp³-hybridized carbons (Fsp3) is 0.200. The van der Waals surface area contributed by atoms with Gasteiger partial charge in [-0.15, -0.1) is 10.2 Å². The van der Waals surface area contributed by atoms with Crippen molar-refractivity contribution in [3.8, 4) is 5.75 Å². The highest BCUT2D eigenvalue weighted by Crippen LogP contribution is 2.14. The van der Waals surface area contributed by atoms with E-state index in [1.807, 2.05) is 0 Å². The Morgan fingerprint density at radius 1 is 1.56 bits per heavy atom. The molecule has 8 nitrogen and oxygen atoms in total. The summed E-state index contributed by atoms with van der Waals surface area (Å²) in [7, 11) is 1.68. The third-order valence-electron chi connectivity index (χ3n) is 2.16. The zero-order valence-corrected chi connectivity index (χ0v) is 9.69. The predicted molar refractivity (Wildman–Crippen MR) is 62.1 cm³/mol. The Morgan fingerprint density at radius 2 is 2.39 bits per heavy atom. The van der Waals surface area contributed by atoms with Gasteiger partial charge in [-0.1, -0.05) is 17.3 Å². The molecule has 1 aromatic carbocycles. The first-order valence-corrected chi connectivity index (χ1v) is 5.12. The number of oxime groups is 1. The van der Waals surface area contributed by atoms with Crippen molar-refractivity contribution in [1.82, 2.24) is 20.2 Å². The molecule has 0 aliphatic carbocycles. The molecular weight excluding hydrogens is 236 g/mol. The Hall–Kier alpha value is -2.64. The van der Waals surface area contributed by atoms with Crippen LogP contribution in [-0.4, -0.2) is 31.3 Å². The summed E-state index contributed by atoms with van der Waals surface area (Å²) in [4.78, 5) is 1.35. The van der Waals surface area contributed by atoms with E-state index in [0.29, 0.717) is 17.1 Å². The van der Waals surface area contributed by atoms with Crippen molar-refractivity contribution in [3.05, 3.63) is 35.7 Å². The van der Waals surface area contributed by atoms with Crippen LogP contribution in [0.25, 0.3) is 0 Å². The van der Waals surface area contributed by atoms with Crippen LogP contribution in [0.1, 0.15) is 11.4 Å². The summed E-state index contributed by atoms with van der Waals surface area (Å²) in [5, 5.41) is 23.0. The lowest BCUT2D eigenvalue weighted by Gasteiger charge is -2.05.